The van der Waals surface area contributed by atoms with Gasteiger partial charge in [0.25, 0.3) is 5.91 Å². The average Bonchev–Trinajstić information content (AvgIpc) is 2.93. The van der Waals surface area contributed by atoms with Crippen LogP contribution in [0.5, 0.6) is 5.75 Å². The largest absolute Gasteiger partial charge is 0.508 e. The number of amides is 3. The molecule has 6 N–H and O–H groups in total. The standard InChI is InChI=1S/C30H50N4O7/c1-7-8-9-10-11-12-23(31)26(36)27(37)32-20(4)28(38)33(5)24(18-21-13-15-22(35)16-14-21)29(39)34(6)25(30(40)41)17-19(2)3/h13-16,19-20,23-26,35-36H,7-12,17-18,31H2,1-6H3,(H,32,37)(H,40,41). The highest BCUT2D eigenvalue weighted by atomic mass is 16.4. The third-order valence-electron chi connectivity index (χ3n) is 7.30. The summed E-state index contributed by atoms with van der Waals surface area (Å²) in [5.74, 6) is -3.06. The number of hydrogen-bond donors (Lipinski definition) is 5. The van der Waals surface area contributed by atoms with E-state index in [4.69, 9.17) is 5.73 Å². The van der Waals surface area contributed by atoms with E-state index in [1.807, 2.05) is 13.8 Å². The Hall–Kier alpha value is -3.18. The maximum absolute atomic E-state index is 13.7. The number of nitrogens with zero attached hydrogens (tertiary/aromatic N) is 2. The molecule has 1 aromatic carbocycles. The number of rotatable bonds is 18. The molecule has 1 rings (SSSR count). The van der Waals surface area contributed by atoms with Crippen molar-refractivity contribution in [2.24, 2.45) is 11.7 Å². The van der Waals surface area contributed by atoms with Crippen LogP contribution in [0.1, 0.15) is 78.2 Å². The first-order valence-corrected chi connectivity index (χ1v) is 14.5. The lowest BCUT2D eigenvalue weighted by atomic mass is 9.99. The molecule has 0 fully saturated rings. The molecule has 0 bridgehead atoms. The van der Waals surface area contributed by atoms with Gasteiger partial charge in [-0.1, -0.05) is 65.0 Å². The first-order chi connectivity index (χ1) is 19.2. The van der Waals surface area contributed by atoms with Crippen molar-refractivity contribution in [3.8, 4) is 5.75 Å². The van der Waals surface area contributed by atoms with Gasteiger partial charge in [-0.05, 0) is 43.4 Å². The second kappa shape index (κ2) is 17.6. The lowest BCUT2D eigenvalue weighted by molar-refractivity contribution is -0.154. The topological polar surface area (TPSA) is 173 Å². The van der Waals surface area contributed by atoms with Crippen LogP contribution in [-0.2, 0) is 25.6 Å². The highest BCUT2D eigenvalue weighted by molar-refractivity contribution is 5.94. The Balaban J connectivity index is 3.05. The predicted octanol–water partition coefficient (Wildman–Crippen LogP) is 2.27. The van der Waals surface area contributed by atoms with Gasteiger partial charge >= 0.3 is 5.97 Å². The number of carboxylic acid groups (broad SMARTS) is 1. The Bertz CT molecular complexity index is 986. The maximum Gasteiger partial charge on any atom is 0.326 e. The third kappa shape index (κ3) is 11.7. The Morgan fingerprint density at radius 1 is 0.902 bits per heavy atom. The van der Waals surface area contributed by atoms with Crippen LogP contribution >= 0.6 is 0 Å². The number of aliphatic hydroxyl groups is 1. The number of nitrogens with one attached hydrogen (secondary N) is 1. The van der Waals surface area contributed by atoms with Crippen molar-refractivity contribution in [3.63, 3.8) is 0 Å². The van der Waals surface area contributed by atoms with Crippen LogP contribution in [0.2, 0.25) is 0 Å². The van der Waals surface area contributed by atoms with Crippen LogP contribution in [0.15, 0.2) is 24.3 Å². The van der Waals surface area contributed by atoms with E-state index in [1.54, 1.807) is 12.1 Å². The minimum absolute atomic E-state index is 0.00522. The summed E-state index contributed by atoms with van der Waals surface area (Å²) in [6.07, 6.45) is 4.28. The number of benzene rings is 1. The molecule has 0 aliphatic carbocycles. The van der Waals surface area contributed by atoms with Gasteiger partial charge in [0.1, 0.15) is 30.0 Å². The van der Waals surface area contributed by atoms with Crippen LogP contribution in [0.4, 0.5) is 0 Å². The Labute approximate surface area is 244 Å². The quantitative estimate of drug-likeness (QED) is 0.165. The number of phenolic OH excluding ortho intramolecular Hbond substituents is 1. The molecule has 232 valence electrons. The molecule has 0 aromatic heterocycles. The van der Waals surface area contributed by atoms with Gasteiger partial charge in [-0.2, -0.15) is 0 Å². The molecule has 0 saturated heterocycles. The Morgan fingerprint density at radius 3 is 2.00 bits per heavy atom. The fraction of sp³-hybridized carbons (Fsp3) is 0.667. The highest BCUT2D eigenvalue weighted by Gasteiger charge is 2.37. The first-order valence-electron chi connectivity index (χ1n) is 14.5. The Kier molecular flexibility index (Phi) is 15.4. The number of phenols is 1. The van der Waals surface area contributed by atoms with E-state index in [-0.39, 0.29) is 24.5 Å². The number of carbonyl (C=O) groups is 4. The van der Waals surface area contributed by atoms with E-state index in [0.717, 1.165) is 37.0 Å². The van der Waals surface area contributed by atoms with Crippen molar-refractivity contribution in [1.29, 1.82) is 0 Å². The number of aromatic hydroxyl groups is 1. The summed E-state index contributed by atoms with van der Waals surface area (Å²) in [6, 6.07) is 2.08. The van der Waals surface area contributed by atoms with Crippen LogP contribution in [0.3, 0.4) is 0 Å². The fourth-order valence-corrected chi connectivity index (χ4v) is 4.66. The van der Waals surface area contributed by atoms with E-state index in [2.05, 4.69) is 12.2 Å². The molecule has 5 unspecified atom stereocenters. The van der Waals surface area contributed by atoms with Crippen molar-refractivity contribution in [3.05, 3.63) is 29.8 Å². The molecule has 0 heterocycles. The van der Waals surface area contributed by atoms with Gasteiger partial charge in [0, 0.05) is 26.6 Å². The number of nitrogens with two attached hydrogens (primary N) is 1. The molecule has 0 radical (unpaired) electrons. The number of likely N-dealkylation sites (N-methyl/N-ethyl adjacent to an activating group) is 2. The summed E-state index contributed by atoms with van der Waals surface area (Å²) in [6.45, 7) is 7.28. The lowest BCUT2D eigenvalue weighted by Crippen LogP contribution is -2.58. The van der Waals surface area contributed by atoms with Crippen LogP contribution < -0.4 is 11.1 Å². The highest BCUT2D eigenvalue weighted by Crippen LogP contribution is 2.19. The van der Waals surface area contributed by atoms with Crippen molar-refractivity contribution in [2.75, 3.05) is 14.1 Å². The number of unbranched alkanes of at least 4 members (excludes halogenated alkanes) is 4. The maximum atomic E-state index is 13.7. The fourth-order valence-electron chi connectivity index (χ4n) is 4.66. The molecule has 0 aliphatic rings. The van der Waals surface area contributed by atoms with E-state index in [9.17, 15) is 34.5 Å². The summed E-state index contributed by atoms with van der Waals surface area (Å²) >= 11 is 0. The summed E-state index contributed by atoms with van der Waals surface area (Å²) < 4.78 is 0. The van der Waals surface area contributed by atoms with Crippen LogP contribution in [0, 0.1) is 5.92 Å². The van der Waals surface area contributed by atoms with E-state index in [0.29, 0.717) is 12.0 Å². The van der Waals surface area contributed by atoms with Gasteiger partial charge in [-0.3, -0.25) is 14.4 Å². The van der Waals surface area contributed by atoms with Crippen molar-refractivity contribution in [2.45, 2.75) is 109 Å². The summed E-state index contributed by atoms with van der Waals surface area (Å²) in [5.41, 5.74) is 6.67. The molecule has 41 heavy (non-hydrogen) atoms. The zero-order chi connectivity index (χ0) is 31.3. The van der Waals surface area contributed by atoms with Crippen molar-refractivity contribution >= 4 is 23.7 Å². The number of hydrogen-bond acceptors (Lipinski definition) is 7. The van der Waals surface area contributed by atoms with Gasteiger partial charge in [0.2, 0.25) is 11.8 Å². The molecule has 0 aliphatic heterocycles. The Morgan fingerprint density at radius 2 is 1.46 bits per heavy atom. The predicted molar refractivity (Wildman–Crippen MR) is 157 cm³/mol. The first kappa shape index (κ1) is 35.8. The zero-order valence-electron chi connectivity index (χ0n) is 25.4. The van der Waals surface area contributed by atoms with E-state index in [1.165, 1.54) is 38.1 Å². The second-order valence-electron chi connectivity index (χ2n) is 11.3. The number of aliphatic hydroxyl groups excluding tert-OH is 1. The molecule has 0 spiro atoms. The number of carbonyl (C=O) groups excluding carboxylic acids is 3. The van der Waals surface area contributed by atoms with Gasteiger partial charge in [0.15, 0.2) is 0 Å². The summed E-state index contributed by atoms with van der Waals surface area (Å²) in [5, 5.41) is 32.4. The molecule has 3 amide bonds. The smallest absolute Gasteiger partial charge is 0.326 e. The number of carboxylic acids is 1. The van der Waals surface area contributed by atoms with Crippen LogP contribution in [-0.4, -0.2) is 93.2 Å². The molecule has 0 saturated carbocycles. The van der Waals surface area contributed by atoms with Gasteiger partial charge < -0.3 is 36.2 Å². The molecular formula is C30H50N4O7. The van der Waals surface area contributed by atoms with E-state index >= 15 is 0 Å². The van der Waals surface area contributed by atoms with Gasteiger partial charge in [-0.25, -0.2) is 4.79 Å². The zero-order valence-corrected chi connectivity index (χ0v) is 25.4. The molecule has 11 nitrogen and oxygen atoms in total. The minimum atomic E-state index is -1.49. The average molecular weight is 579 g/mol. The van der Waals surface area contributed by atoms with Crippen LogP contribution in [0.25, 0.3) is 0 Å². The molecular weight excluding hydrogens is 528 g/mol. The molecule has 11 heteroatoms. The molecule has 5 atom stereocenters. The monoisotopic (exact) mass is 578 g/mol. The van der Waals surface area contributed by atoms with E-state index < -0.39 is 54.0 Å². The number of aliphatic carboxylic acids is 1. The normalized spacial score (nSPS) is 15.0. The summed E-state index contributed by atoms with van der Waals surface area (Å²) in [4.78, 5) is 54.1. The minimum Gasteiger partial charge on any atom is -0.508 e. The van der Waals surface area contributed by atoms with Gasteiger partial charge in [0.05, 0.1) is 0 Å². The molecule has 1 aromatic rings. The second-order valence-corrected chi connectivity index (χ2v) is 11.3. The van der Waals surface area contributed by atoms with Gasteiger partial charge in [-0.15, -0.1) is 0 Å². The third-order valence-corrected chi connectivity index (χ3v) is 7.30. The SMILES string of the molecule is CCCCCCCC(N)C(O)C(=O)NC(C)C(=O)N(C)C(Cc1ccc(O)cc1)C(=O)N(C)C(CC(C)C)C(=O)O. The van der Waals surface area contributed by atoms with Crippen molar-refractivity contribution in [1.82, 2.24) is 15.1 Å². The van der Waals surface area contributed by atoms with Crippen molar-refractivity contribution < 1.29 is 34.5 Å². The lowest BCUT2D eigenvalue weighted by Gasteiger charge is -2.35. The summed E-state index contributed by atoms with van der Waals surface area (Å²) in [7, 11) is 2.81.